The van der Waals surface area contributed by atoms with E-state index in [1.54, 1.807) is 0 Å². The minimum absolute atomic E-state index is 0.197. The molecule has 2 nitrogen and oxygen atoms in total. The zero-order chi connectivity index (χ0) is 9.84. The fraction of sp³-hybridized carbons (Fsp3) is 0.100. The van der Waals surface area contributed by atoms with E-state index in [0.29, 0.717) is 0 Å². The van der Waals surface area contributed by atoms with E-state index < -0.39 is 11.8 Å². The highest BCUT2D eigenvalue weighted by Crippen LogP contribution is 2.22. The van der Waals surface area contributed by atoms with Crippen LogP contribution >= 0.6 is 0 Å². The molecule has 1 aromatic rings. The first-order chi connectivity index (χ1) is 6.15. The van der Waals surface area contributed by atoms with Crippen LogP contribution in [-0.4, -0.2) is 5.97 Å². The second kappa shape index (κ2) is 3.85. The maximum atomic E-state index is 13.0. The van der Waals surface area contributed by atoms with E-state index in [1.807, 2.05) is 0 Å². The van der Waals surface area contributed by atoms with E-state index >= 15 is 0 Å². The second-order valence-electron chi connectivity index (χ2n) is 2.45. The third-order valence-corrected chi connectivity index (χ3v) is 1.47. The number of carbonyl (C=O) groups is 1. The molecule has 0 aliphatic heterocycles. The molecule has 0 bridgehead atoms. The zero-order valence-electron chi connectivity index (χ0n) is 7.21. The number of esters is 1. The van der Waals surface area contributed by atoms with Crippen LogP contribution in [0.15, 0.2) is 24.8 Å². The Bertz CT molecular complexity index is 345. The maximum absolute atomic E-state index is 13.0. The Balaban J connectivity index is 3.12. The van der Waals surface area contributed by atoms with Gasteiger partial charge in [0.1, 0.15) is 11.6 Å². The Morgan fingerprint density at radius 2 is 2.31 bits per heavy atom. The Hall–Kier alpha value is -1.64. The summed E-state index contributed by atoms with van der Waals surface area (Å²) >= 11 is 0. The standard InChI is InChI=1S/C10H9FO2/c1-3-8-9(11)5-4-6-10(8)13-7(2)12/h3-6H,1H2,2H3. The topological polar surface area (TPSA) is 26.3 Å². The first-order valence-electron chi connectivity index (χ1n) is 3.74. The molecule has 0 saturated carbocycles. The predicted molar refractivity (Wildman–Crippen MR) is 47.8 cm³/mol. The summed E-state index contributed by atoms with van der Waals surface area (Å²) in [5.74, 6) is -0.732. The van der Waals surface area contributed by atoms with Gasteiger partial charge in [0.15, 0.2) is 0 Å². The Morgan fingerprint density at radius 1 is 1.62 bits per heavy atom. The van der Waals surface area contributed by atoms with Crippen molar-refractivity contribution in [3.63, 3.8) is 0 Å². The summed E-state index contributed by atoms with van der Waals surface area (Å²) < 4.78 is 17.8. The van der Waals surface area contributed by atoms with Crippen LogP contribution in [0, 0.1) is 5.82 Å². The van der Waals surface area contributed by atoms with Gasteiger partial charge in [0, 0.05) is 6.92 Å². The van der Waals surface area contributed by atoms with Crippen molar-refractivity contribution in [1.29, 1.82) is 0 Å². The first kappa shape index (κ1) is 9.45. The van der Waals surface area contributed by atoms with E-state index in [0.717, 1.165) is 0 Å². The Kier molecular flexibility index (Phi) is 2.80. The number of hydrogen-bond donors (Lipinski definition) is 0. The SMILES string of the molecule is C=Cc1c(F)cccc1OC(C)=O. The van der Waals surface area contributed by atoms with Gasteiger partial charge < -0.3 is 4.74 Å². The molecule has 0 N–H and O–H groups in total. The van der Waals surface area contributed by atoms with Crippen LogP contribution in [0.2, 0.25) is 0 Å². The number of carbonyl (C=O) groups excluding carboxylic acids is 1. The molecule has 0 aliphatic rings. The summed E-state index contributed by atoms with van der Waals surface area (Å²) in [5.41, 5.74) is 0.206. The molecule has 0 amide bonds. The molecule has 0 saturated heterocycles. The van der Waals surface area contributed by atoms with Gasteiger partial charge in [-0.05, 0) is 12.1 Å². The van der Waals surface area contributed by atoms with Gasteiger partial charge in [0.25, 0.3) is 0 Å². The Labute approximate surface area is 75.6 Å². The molecule has 0 fully saturated rings. The van der Waals surface area contributed by atoms with Crippen molar-refractivity contribution in [3.8, 4) is 5.75 Å². The number of ether oxygens (including phenoxy) is 1. The molecule has 1 aromatic carbocycles. The van der Waals surface area contributed by atoms with Gasteiger partial charge in [0.2, 0.25) is 0 Å². The average Bonchev–Trinajstić information content (AvgIpc) is 2.03. The van der Waals surface area contributed by atoms with E-state index in [1.165, 1.54) is 31.2 Å². The van der Waals surface area contributed by atoms with Crippen molar-refractivity contribution in [2.24, 2.45) is 0 Å². The van der Waals surface area contributed by atoms with Gasteiger partial charge in [-0.2, -0.15) is 0 Å². The van der Waals surface area contributed by atoms with Gasteiger partial charge in [0.05, 0.1) is 5.56 Å². The van der Waals surface area contributed by atoms with Crippen LogP contribution in [0.3, 0.4) is 0 Å². The normalized spacial score (nSPS) is 9.38. The van der Waals surface area contributed by atoms with Crippen LogP contribution in [0.25, 0.3) is 6.08 Å². The van der Waals surface area contributed by atoms with Gasteiger partial charge in [-0.25, -0.2) is 4.39 Å². The average molecular weight is 180 g/mol. The van der Waals surface area contributed by atoms with E-state index in [9.17, 15) is 9.18 Å². The molecule has 13 heavy (non-hydrogen) atoms. The van der Waals surface area contributed by atoms with Crippen molar-refractivity contribution in [2.75, 3.05) is 0 Å². The summed E-state index contributed by atoms with van der Waals surface area (Å²) in [4.78, 5) is 10.6. The summed E-state index contributed by atoms with van der Waals surface area (Å²) in [6.07, 6.45) is 1.31. The van der Waals surface area contributed by atoms with Crippen molar-refractivity contribution in [2.45, 2.75) is 6.92 Å². The van der Waals surface area contributed by atoms with Gasteiger partial charge in [-0.1, -0.05) is 18.7 Å². The molecule has 0 spiro atoms. The number of rotatable bonds is 2. The monoisotopic (exact) mass is 180 g/mol. The quantitative estimate of drug-likeness (QED) is 0.516. The lowest BCUT2D eigenvalue weighted by atomic mass is 10.2. The van der Waals surface area contributed by atoms with Gasteiger partial charge >= 0.3 is 5.97 Å². The lowest BCUT2D eigenvalue weighted by molar-refractivity contribution is -0.131. The minimum Gasteiger partial charge on any atom is -0.426 e. The van der Waals surface area contributed by atoms with Gasteiger partial charge in [-0.15, -0.1) is 0 Å². The summed E-state index contributed by atoms with van der Waals surface area (Å²) in [7, 11) is 0. The lowest BCUT2D eigenvalue weighted by Gasteiger charge is -2.05. The fourth-order valence-corrected chi connectivity index (χ4v) is 0.959. The smallest absolute Gasteiger partial charge is 0.308 e. The minimum atomic E-state index is -0.478. The molecule has 0 unspecified atom stereocenters. The van der Waals surface area contributed by atoms with Gasteiger partial charge in [-0.3, -0.25) is 4.79 Å². The molecule has 0 aliphatic carbocycles. The molecule has 0 atom stereocenters. The number of hydrogen-bond acceptors (Lipinski definition) is 2. The van der Waals surface area contributed by atoms with Crippen molar-refractivity contribution < 1.29 is 13.9 Å². The maximum Gasteiger partial charge on any atom is 0.308 e. The third-order valence-electron chi connectivity index (χ3n) is 1.47. The van der Waals surface area contributed by atoms with Crippen molar-refractivity contribution >= 4 is 12.0 Å². The third kappa shape index (κ3) is 2.15. The highest BCUT2D eigenvalue weighted by Gasteiger charge is 2.07. The largest absolute Gasteiger partial charge is 0.426 e. The van der Waals surface area contributed by atoms with Crippen molar-refractivity contribution in [3.05, 3.63) is 36.2 Å². The molecule has 0 radical (unpaired) electrons. The molecule has 0 heterocycles. The Morgan fingerprint density at radius 3 is 2.85 bits per heavy atom. The number of halogens is 1. The molecule has 68 valence electrons. The van der Waals surface area contributed by atoms with Crippen LogP contribution in [0.5, 0.6) is 5.75 Å². The summed E-state index contributed by atoms with van der Waals surface area (Å²) in [6, 6.07) is 4.27. The van der Waals surface area contributed by atoms with Crippen LogP contribution in [0.4, 0.5) is 4.39 Å². The van der Waals surface area contributed by atoms with Crippen LogP contribution < -0.4 is 4.74 Å². The molecular weight excluding hydrogens is 171 g/mol. The highest BCUT2D eigenvalue weighted by atomic mass is 19.1. The van der Waals surface area contributed by atoms with Crippen LogP contribution in [0.1, 0.15) is 12.5 Å². The van der Waals surface area contributed by atoms with Crippen LogP contribution in [-0.2, 0) is 4.79 Å². The summed E-state index contributed by atoms with van der Waals surface area (Å²) in [6.45, 7) is 4.69. The lowest BCUT2D eigenvalue weighted by Crippen LogP contribution is -2.03. The van der Waals surface area contributed by atoms with E-state index in [-0.39, 0.29) is 11.3 Å². The highest BCUT2D eigenvalue weighted by molar-refractivity contribution is 5.71. The zero-order valence-corrected chi connectivity index (χ0v) is 7.21. The number of benzene rings is 1. The summed E-state index contributed by atoms with van der Waals surface area (Å²) in [5, 5.41) is 0. The van der Waals surface area contributed by atoms with Crippen molar-refractivity contribution in [1.82, 2.24) is 0 Å². The molecule has 3 heteroatoms. The fourth-order valence-electron chi connectivity index (χ4n) is 0.959. The van der Waals surface area contributed by atoms with E-state index in [4.69, 9.17) is 4.74 Å². The van der Waals surface area contributed by atoms with E-state index in [2.05, 4.69) is 6.58 Å². The first-order valence-corrected chi connectivity index (χ1v) is 3.74. The second-order valence-corrected chi connectivity index (χ2v) is 2.45. The molecule has 0 aromatic heterocycles. The predicted octanol–water partition coefficient (Wildman–Crippen LogP) is 2.39. The molecular formula is C10H9FO2. The molecule has 1 rings (SSSR count).